The van der Waals surface area contributed by atoms with Crippen molar-refractivity contribution in [3.63, 3.8) is 0 Å². The van der Waals surface area contributed by atoms with Crippen LogP contribution in [0.15, 0.2) is 30.3 Å². The summed E-state index contributed by atoms with van der Waals surface area (Å²) in [5.41, 5.74) is 4.73. The zero-order valence-corrected chi connectivity index (χ0v) is 21.3. The van der Waals surface area contributed by atoms with Crippen LogP contribution in [0.3, 0.4) is 0 Å². The van der Waals surface area contributed by atoms with Gasteiger partial charge in [-0.2, -0.15) is 0 Å². The van der Waals surface area contributed by atoms with Crippen LogP contribution in [-0.4, -0.2) is 17.2 Å². The van der Waals surface area contributed by atoms with Gasteiger partial charge in [-0.1, -0.05) is 26.8 Å². The van der Waals surface area contributed by atoms with Crippen molar-refractivity contribution in [2.45, 2.75) is 60.5 Å². The normalized spacial score (nSPS) is 11.1. The summed E-state index contributed by atoms with van der Waals surface area (Å²) >= 11 is -0.556. The average molecular weight is 462 g/mol. The fourth-order valence-electron chi connectivity index (χ4n) is 3.37. The molecule has 2 nitrogen and oxygen atoms in total. The van der Waals surface area contributed by atoms with Crippen LogP contribution >= 0.6 is 27.2 Å². The molecule has 0 bridgehead atoms. The Hall–Kier alpha value is -0.236. The zero-order chi connectivity index (χ0) is 20.7. The molecule has 0 aliphatic carbocycles. The molecule has 2 rings (SSSR count). The molecule has 0 amide bonds. The third-order valence-corrected chi connectivity index (χ3v) is 5.90. The summed E-state index contributed by atoms with van der Waals surface area (Å²) in [5, 5.41) is 12.9. The summed E-state index contributed by atoms with van der Waals surface area (Å²) in [5.74, 6) is 0.439. The van der Waals surface area contributed by atoms with Crippen molar-refractivity contribution in [2.75, 3.05) is 4.90 Å². The van der Waals surface area contributed by atoms with E-state index in [1.807, 2.05) is 13.0 Å². The molecule has 0 aliphatic rings. The Bertz CT molecular complexity index is 745. The van der Waals surface area contributed by atoms with Gasteiger partial charge in [0, 0.05) is 28.4 Å². The zero-order valence-electron chi connectivity index (χ0n) is 17.2. The predicted molar refractivity (Wildman–Crippen MR) is 121 cm³/mol. The monoisotopic (exact) mass is 461 g/mol. The molecule has 6 heteroatoms. The van der Waals surface area contributed by atoms with Gasteiger partial charge in [0.05, 0.1) is 0 Å². The number of nitrogens with zero attached hydrogens (tertiary/aromatic N) is 1. The van der Waals surface area contributed by atoms with Gasteiger partial charge in [-0.3, -0.25) is 0 Å². The summed E-state index contributed by atoms with van der Waals surface area (Å²) in [6, 6.07) is 11.5. The second-order valence-corrected chi connectivity index (χ2v) is 11.1. The van der Waals surface area contributed by atoms with E-state index in [9.17, 15) is 5.11 Å². The van der Waals surface area contributed by atoms with Gasteiger partial charge >= 0.3 is 35.6 Å². The Morgan fingerprint density at radius 1 is 0.963 bits per heavy atom. The number of hydrogen-bond acceptors (Lipinski definition) is 2. The Labute approximate surface area is 183 Å². The molecule has 0 aliphatic heterocycles. The number of hydrogen-bond donors (Lipinski definition) is 1. The van der Waals surface area contributed by atoms with Crippen LogP contribution in [0.4, 0.5) is 5.69 Å². The number of phenols is 1. The van der Waals surface area contributed by atoms with Crippen LogP contribution in [0.2, 0.25) is 0 Å². The Kier molecular flexibility index (Phi) is 10.7. The SMILES string of the molecule is Cc1cc(C)c(O)c(Pc2c(C)cccc2N(C(C)C)C(C)C)c1.[Cl][Ti][Cl]. The van der Waals surface area contributed by atoms with E-state index in [-0.39, 0.29) is 0 Å². The van der Waals surface area contributed by atoms with E-state index in [1.165, 1.54) is 22.1 Å². The van der Waals surface area contributed by atoms with E-state index in [4.69, 9.17) is 18.6 Å². The van der Waals surface area contributed by atoms with Crippen molar-refractivity contribution in [2.24, 2.45) is 0 Å². The topological polar surface area (TPSA) is 23.5 Å². The van der Waals surface area contributed by atoms with E-state index in [0.29, 0.717) is 26.4 Å². The van der Waals surface area contributed by atoms with E-state index in [0.717, 1.165) is 10.9 Å². The maximum absolute atomic E-state index is 10.5. The maximum atomic E-state index is 10.5. The molecular weight excluding hydrogens is 432 g/mol. The first-order chi connectivity index (χ1) is 12.6. The summed E-state index contributed by atoms with van der Waals surface area (Å²) in [4.78, 5) is 2.47. The molecule has 0 aromatic heterocycles. The van der Waals surface area contributed by atoms with E-state index >= 15 is 0 Å². The van der Waals surface area contributed by atoms with Crippen LogP contribution < -0.4 is 15.5 Å². The van der Waals surface area contributed by atoms with Crippen molar-refractivity contribution in [3.05, 3.63) is 47.0 Å². The number of phenolic OH excluding ortho intramolecular Hbond substituents is 1. The van der Waals surface area contributed by atoms with Gasteiger partial charge in [-0.15, -0.1) is 0 Å². The Morgan fingerprint density at radius 2 is 1.52 bits per heavy atom. The quantitative estimate of drug-likeness (QED) is 0.439. The molecule has 1 atom stereocenters. The van der Waals surface area contributed by atoms with E-state index in [1.54, 1.807) is 0 Å². The first-order valence-corrected chi connectivity index (χ1v) is 14.3. The number of halogens is 2. The Balaban J connectivity index is 0.00000114. The van der Waals surface area contributed by atoms with Crippen LogP contribution in [0.5, 0.6) is 5.75 Å². The second kappa shape index (κ2) is 11.7. The van der Waals surface area contributed by atoms with E-state index in [2.05, 4.69) is 70.7 Å². The molecule has 0 saturated carbocycles. The average Bonchev–Trinajstić information content (AvgIpc) is 2.55. The number of aryl methyl sites for hydroxylation is 3. The first-order valence-electron chi connectivity index (χ1n) is 9.05. The molecule has 0 saturated heterocycles. The molecular formula is C21H30Cl2NOPTi. The van der Waals surface area contributed by atoms with Crippen LogP contribution in [0, 0.1) is 20.8 Å². The molecule has 0 fully saturated rings. The third-order valence-electron chi connectivity index (χ3n) is 4.35. The fourth-order valence-corrected chi connectivity index (χ4v) is 4.88. The fraction of sp³-hybridized carbons (Fsp3) is 0.429. The summed E-state index contributed by atoms with van der Waals surface area (Å²) in [6.07, 6.45) is 0. The second-order valence-electron chi connectivity index (χ2n) is 7.24. The molecule has 1 N–H and O–H groups in total. The van der Waals surface area contributed by atoms with E-state index < -0.39 is 17.0 Å². The van der Waals surface area contributed by atoms with Gasteiger partial charge in [-0.05, 0) is 77.3 Å². The molecule has 0 heterocycles. The van der Waals surface area contributed by atoms with Gasteiger partial charge in [0.1, 0.15) is 5.75 Å². The van der Waals surface area contributed by atoms with Crippen molar-refractivity contribution >= 4 is 43.5 Å². The minimum absolute atomic E-state index is 0.434. The molecule has 2 aromatic carbocycles. The Morgan fingerprint density at radius 3 is 2.04 bits per heavy atom. The van der Waals surface area contributed by atoms with Crippen LogP contribution in [0.25, 0.3) is 0 Å². The third kappa shape index (κ3) is 6.95. The molecule has 0 radical (unpaired) electrons. The van der Waals surface area contributed by atoms with Crippen molar-refractivity contribution < 1.29 is 22.1 Å². The molecule has 148 valence electrons. The van der Waals surface area contributed by atoms with Gasteiger partial charge in [0.25, 0.3) is 0 Å². The van der Waals surface area contributed by atoms with Crippen LogP contribution in [0.1, 0.15) is 44.4 Å². The van der Waals surface area contributed by atoms with Crippen molar-refractivity contribution in [1.82, 2.24) is 0 Å². The predicted octanol–water partition coefficient (Wildman–Crippen LogP) is 5.95. The van der Waals surface area contributed by atoms with Gasteiger partial charge in [-0.25, -0.2) is 0 Å². The number of aromatic hydroxyl groups is 1. The summed E-state index contributed by atoms with van der Waals surface area (Å²) in [6.45, 7) is 15.2. The molecule has 2 aromatic rings. The number of benzene rings is 2. The minimum atomic E-state index is -0.556. The molecule has 27 heavy (non-hydrogen) atoms. The summed E-state index contributed by atoms with van der Waals surface area (Å²) < 4.78 is 0. The van der Waals surface area contributed by atoms with Gasteiger partial charge in [0.2, 0.25) is 0 Å². The standard InChI is InChI=1S/C21H30NOP.2ClH.Ti/c1-13(2)22(14(3)4)18-10-8-9-16(6)21(18)24-19-12-15(5)11-17(7)20(19)23;;;/h8-14,23-24H,1-7H3;2*1H;/q;;;+2/p-2. The van der Waals surface area contributed by atoms with Crippen molar-refractivity contribution in [3.8, 4) is 5.75 Å². The number of rotatable bonds is 5. The first kappa shape index (κ1) is 24.8. The number of anilines is 1. The molecule has 1 unspecified atom stereocenters. The van der Waals surface area contributed by atoms with Crippen molar-refractivity contribution in [1.29, 1.82) is 0 Å². The van der Waals surface area contributed by atoms with Gasteiger partial charge in [0.15, 0.2) is 0 Å². The summed E-state index contributed by atoms with van der Waals surface area (Å²) in [7, 11) is 10.2. The van der Waals surface area contributed by atoms with Gasteiger partial charge < -0.3 is 10.0 Å². The van der Waals surface area contributed by atoms with Crippen LogP contribution in [-0.2, 0) is 17.0 Å². The molecule has 0 spiro atoms.